The Morgan fingerprint density at radius 2 is 1.82 bits per heavy atom. The van der Waals surface area contributed by atoms with E-state index in [0.717, 1.165) is 13.0 Å². The van der Waals surface area contributed by atoms with E-state index >= 15 is 0 Å². The lowest BCUT2D eigenvalue weighted by atomic mass is 10.1. The highest BCUT2D eigenvalue weighted by molar-refractivity contribution is 5.68. The zero-order valence-electron chi connectivity index (χ0n) is 18.5. The molecule has 0 atom stereocenters. The van der Waals surface area contributed by atoms with Gasteiger partial charge in [-0.2, -0.15) is 4.98 Å². The highest BCUT2D eigenvalue weighted by atomic mass is 19.4. The first kappa shape index (κ1) is 24.2. The molecular weight excluding hydrogens is 438 g/mol. The van der Waals surface area contributed by atoms with E-state index in [1.807, 2.05) is 14.1 Å². The van der Waals surface area contributed by atoms with Crippen molar-refractivity contribution in [2.75, 3.05) is 37.8 Å². The van der Waals surface area contributed by atoms with Crippen molar-refractivity contribution in [3.63, 3.8) is 0 Å². The van der Waals surface area contributed by atoms with Crippen LogP contribution in [0.3, 0.4) is 0 Å². The average molecular weight is 463 g/mol. The number of anilines is 3. The predicted molar refractivity (Wildman–Crippen MR) is 120 cm³/mol. The van der Waals surface area contributed by atoms with E-state index < -0.39 is 6.36 Å². The van der Waals surface area contributed by atoms with Crippen LogP contribution < -0.4 is 15.4 Å². The topological polar surface area (TPSA) is 62.3 Å². The standard InChI is InChI=1S/C23H25F4N5O/c1-15-12-17(8-9-19(15)24)29-21-14-20(30-22(31-21)28-10-5-11-32(2)3)16-6-4-7-18(13-16)33-23(25,26)27/h4,6-9,12-14H,5,10-11H2,1-3H3,(H2,28,29,30,31). The Hall–Kier alpha value is -3.40. The number of aryl methyl sites for hydroxylation is 1. The number of alkyl halides is 3. The number of benzene rings is 2. The number of nitrogens with one attached hydrogen (secondary N) is 2. The van der Waals surface area contributed by atoms with Gasteiger partial charge in [0.25, 0.3) is 0 Å². The van der Waals surface area contributed by atoms with Crippen LogP contribution in [0.2, 0.25) is 0 Å². The molecule has 3 aromatic rings. The Bertz CT molecular complexity index is 1090. The van der Waals surface area contributed by atoms with E-state index in [2.05, 4.69) is 30.2 Å². The van der Waals surface area contributed by atoms with Crippen LogP contribution in [0.4, 0.5) is 35.0 Å². The molecule has 0 radical (unpaired) electrons. The normalized spacial score (nSPS) is 11.5. The molecule has 6 nitrogen and oxygen atoms in total. The summed E-state index contributed by atoms with van der Waals surface area (Å²) in [7, 11) is 3.94. The molecule has 1 heterocycles. The maximum Gasteiger partial charge on any atom is 0.573 e. The zero-order chi connectivity index (χ0) is 24.0. The van der Waals surface area contributed by atoms with Gasteiger partial charge in [-0.3, -0.25) is 0 Å². The Labute approximate surface area is 189 Å². The number of nitrogens with zero attached hydrogens (tertiary/aromatic N) is 3. The van der Waals surface area contributed by atoms with Gasteiger partial charge in [-0.15, -0.1) is 13.2 Å². The summed E-state index contributed by atoms with van der Waals surface area (Å²) in [5.41, 5.74) is 1.91. The molecule has 0 aliphatic heterocycles. The lowest BCUT2D eigenvalue weighted by Gasteiger charge is -2.14. The van der Waals surface area contributed by atoms with Crippen molar-refractivity contribution in [2.45, 2.75) is 19.7 Å². The molecule has 2 N–H and O–H groups in total. The number of ether oxygens (including phenoxy) is 1. The quantitative estimate of drug-likeness (QED) is 0.318. The van der Waals surface area contributed by atoms with Crippen molar-refractivity contribution >= 4 is 17.5 Å². The van der Waals surface area contributed by atoms with Gasteiger partial charge < -0.3 is 20.3 Å². The zero-order valence-corrected chi connectivity index (χ0v) is 18.5. The summed E-state index contributed by atoms with van der Waals surface area (Å²) in [6.07, 6.45) is -3.95. The van der Waals surface area contributed by atoms with E-state index in [-0.39, 0.29) is 11.6 Å². The number of hydrogen-bond donors (Lipinski definition) is 2. The first-order valence-corrected chi connectivity index (χ1v) is 10.3. The van der Waals surface area contributed by atoms with Crippen molar-refractivity contribution < 1.29 is 22.3 Å². The Morgan fingerprint density at radius 3 is 2.52 bits per heavy atom. The van der Waals surface area contributed by atoms with Crippen LogP contribution in [-0.2, 0) is 0 Å². The molecule has 0 amide bonds. The van der Waals surface area contributed by atoms with E-state index in [0.29, 0.717) is 40.8 Å². The third-order valence-corrected chi connectivity index (χ3v) is 4.59. The number of hydrogen-bond acceptors (Lipinski definition) is 6. The molecule has 33 heavy (non-hydrogen) atoms. The first-order valence-electron chi connectivity index (χ1n) is 10.3. The summed E-state index contributed by atoms with van der Waals surface area (Å²) >= 11 is 0. The number of rotatable bonds is 9. The van der Waals surface area contributed by atoms with Crippen molar-refractivity contribution in [3.05, 3.63) is 59.9 Å². The molecule has 0 aliphatic rings. The van der Waals surface area contributed by atoms with Crippen LogP contribution in [0.15, 0.2) is 48.5 Å². The van der Waals surface area contributed by atoms with Gasteiger partial charge in [0.1, 0.15) is 17.4 Å². The van der Waals surface area contributed by atoms with Crippen molar-refractivity contribution in [1.29, 1.82) is 0 Å². The predicted octanol–water partition coefficient (Wildman–Crippen LogP) is 5.60. The van der Waals surface area contributed by atoms with Crippen LogP contribution in [0.25, 0.3) is 11.3 Å². The maximum absolute atomic E-state index is 13.6. The lowest BCUT2D eigenvalue weighted by Crippen LogP contribution is -2.17. The second-order valence-electron chi connectivity index (χ2n) is 7.71. The summed E-state index contributed by atoms with van der Waals surface area (Å²) in [4.78, 5) is 11.0. The van der Waals surface area contributed by atoms with E-state index in [1.54, 1.807) is 31.2 Å². The molecule has 0 saturated heterocycles. The fourth-order valence-corrected chi connectivity index (χ4v) is 3.06. The summed E-state index contributed by atoms with van der Waals surface area (Å²) in [5, 5.41) is 6.26. The molecular formula is C23H25F4N5O. The summed E-state index contributed by atoms with van der Waals surface area (Å²) in [6.45, 7) is 3.12. The SMILES string of the molecule is Cc1cc(Nc2cc(-c3cccc(OC(F)(F)F)c3)nc(NCCCN(C)C)n2)ccc1F. The summed E-state index contributed by atoms with van der Waals surface area (Å²) < 4.78 is 55.6. The second kappa shape index (κ2) is 10.5. The molecule has 176 valence electrons. The third kappa shape index (κ3) is 7.60. The highest BCUT2D eigenvalue weighted by Gasteiger charge is 2.31. The van der Waals surface area contributed by atoms with Crippen LogP contribution in [-0.4, -0.2) is 48.4 Å². The Morgan fingerprint density at radius 1 is 1.03 bits per heavy atom. The Kier molecular flexibility index (Phi) is 7.70. The molecule has 10 heteroatoms. The fraction of sp³-hybridized carbons (Fsp3) is 0.304. The minimum absolute atomic E-state index is 0.315. The minimum Gasteiger partial charge on any atom is -0.406 e. The van der Waals surface area contributed by atoms with Crippen molar-refractivity contribution in [2.24, 2.45) is 0 Å². The van der Waals surface area contributed by atoms with Crippen LogP contribution >= 0.6 is 0 Å². The van der Waals surface area contributed by atoms with Gasteiger partial charge in [0.05, 0.1) is 5.69 Å². The smallest absolute Gasteiger partial charge is 0.406 e. The van der Waals surface area contributed by atoms with Crippen LogP contribution in [0.5, 0.6) is 5.75 Å². The lowest BCUT2D eigenvalue weighted by molar-refractivity contribution is -0.274. The van der Waals surface area contributed by atoms with Gasteiger partial charge in [-0.25, -0.2) is 9.37 Å². The number of aromatic nitrogens is 2. The molecule has 0 spiro atoms. The van der Waals surface area contributed by atoms with Crippen LogP contribution in [0.1, 0.15) is 12.0 Å². The van der Waals surface area contributed by atoms with Gasteiger partial charge >= 0.3 is 6.36 Å². The van der Waals surface area contributed by atoms with Crippen molar-refractivity contribution in [1.82, 2.24) is 14.9 Å². The molecule has 1 aromatic heterocycles. The fourth-order valence-electron chi connectivity index (χ4n) is 3.06. The summed E-state index contributed by atoms with van der Waals surface area (Å²) in [6, 6.07) is 11.7. The first-order chi connectivity index (χ1) is 15.6. The van der Waals surface area contributed by atoms with Gasteiger partial charge in [-0.1, -0.05) is 12.1 Å². The van der Waals surface area contributed by atoms with Gasteiger partial charge in [-0.05, 0) is 69.9 Å². The highest BCUT2D eigenvalue weighted by Crippen LogP contribution is 2.29. The van der Waals surface area contributed by atoms with Crippen LogP contribution in [0, 0.1) is 12.7 Å². The van der Waals surface area contributed by atoms with E-state index in [1.165, 1.54) is 24.3 Å². The molecule has 0 unspecified atom stereocenters. The minimum atomic E-state index is -4.80. The number of halogens is 4. The van der Waals surface area contributed by atoms with E-state index in [9.17, 15) is 17.6 Å². The second-order valence-corrected chi connectivity index (χ2v) is 7.71. The molecule has 3 rings (SSSR count). The molecule has 0 aliphatic carbocycles. The van der Waals surface area contributed by atoms with E-state index in [4.69, 9.17) is 0 Å². The molecule has 0 fully saturated rings. The largest absolute Gasteiger partial charge is 0.573 e. The monoisotopic (exact) mass is 463 g/mol. The van der Waals surface area contributed by atoms with Gasteiger partial charge in [0, 0.05) is 23.9 Å². The Balaban J connectivity index is 1.91. The molecule has 0 saturated carbocycles. The van der Waals surface area contributed by atoms with Crippen molar-refractivity contribution in [3.8, 4) is 17.0 Å². The summed E-state index contributed by atoms with van der Waals surface area (Å²) in [5.74, 6) is 0.0504. The molecule has 2 aromatic carbocycles. The third-order valence-electron chi connectivity index (χ3n) is 4.59. The van der Waals surface area contributed by atoms with Gasteiger partial charge in [0.2, 0.25) is 5.95 Å². The molecule has 0 bridgehead atoms. The average Bonchev–Trinajstić information content (AvgIpc) is 2.73. The van der Waals surface area contributed by atoms with Gasteiger partial charge in [0.15, 0.2) is 0 Å². The maximum atomic E-state index is 13.6.